The van der Waals surface area contributed by atoms with Gasteiger partial charge in [-0.25, -0.2) is 4.99 Å². The van der Waals surface area contributed by atoms with Gasteiger partial charge in [-0.1, -0.05) is 36.4 Å². The van der Waals surface area contributed by atoms with Crippen LogP contribution in [0.2, 0.25) is 0 Å². The maximum Gasteiger partial charge on any atom is 0.191 e. The van der Waals surface area contributed by atoms with Crippen molar-refractivity contribution in [3.63, 3.8) is 0 Å². The summed E-state index contributed by atoms with van der Waals surface area (Å²) in [6.07, 6.45) is 2.53. The molecule has 2 aromatic rings. The van der Waals surface area contributed by atoms with Crippen LogP contribution in [0.5, 0.6) is 0 Å². The number of guanidine groups is 1. The normalized spacial score (nSPS) is 15.3. The van der Waals surface area contributed by atoms with Crippen LogP contribution < -0.4 is 10.6 Å². The minimum absolute atomic E-state index is 0.629. The minimum Gasteiger partial charge on any atom is -0.357 e. The summed E-state index contributed by atoms with van der Waals surface area (Å²) in [7, 11) is 0. The van der Waals surface area contributed by atoms with Crippen molar-refractivity contribution in [3.8, 4) is 0 Å². The van der Waals surface area contributed by atoms with E-state index in [1.807, 2.05) is 0 Å². The van der Waals surface area contributed by atoms with Crippen LogP contribution >= 0.6 is 0 Å². The van der Waals surface area contributed by atoms with Crippen LogP contribution in [-0.2, 0) is 6.54 Å². The molecule has 0 aromatic heterocycles. The van der Waals surface area contributed by atoms with Crippen molar-refractivity contribution in [2.24, 2.45) is 4.99 Å². The van der Waals surface area contributed by atoms with Gasteiger partial charge in [0.25, 0.3) is 0 Å². The molecule has 0 spiro atoms. The Morgan fingerprint density at radius 2 is 1.95 bits per heavy atom. The fourth-order valence-electron chi connectivity index (χ4n) is 2.25. The molecule has 2 N–H and O–H groups in total. The molecule has 1 aliphatic rings. The molecule has 0 saturated heterocycles. The molecule has 0 unspecified atom stereocenters. The van der Waals surface area contributed by atoms with E-state index in [-0.39, 0.29) is 0 Å². The van der Waals surface area contributed by atoms with Gasteiger partial charge in [0.2, 0.25) is 0 Å². The highest BCUT2D eigenvalue weighted by atomic mass is 15.2. The van der Waals surface area contributed by atoms with Crippen molar-refractivity contribution in [2.75, 3.05) is 6.54 Å². The van der Waals surface area contributed by atoms with Crippen LogP contribution in [0.15, 0.2) is 47.5 Å². The fourth-order valence-corrected chi connectivity index (χ4v) is 2.25. The molecule has 0 amide bonds. The van der Waals surface area contributed by atoms with Gasteiger partial charge < -0.3 is 10.6 Å². The third-order valence-electron chi connectivity index (χ3n) is 3.50. The SMILES string of the molecule is CCNC(=NCc1ccc2ccccc2c1)NC1CC1. The van der Waals surface area contributed by atoms with Gasteiger partial charge in [-0.05, 0) is 42.2 Å². The summed E-state index contributed by atoms with van der Waals surface area (Å²) in [6, 6.07) is 15.6. The van der Waals surface area contributed by atoms with E-state index in [4.69, 9.17) is 0 Å². The van der Waals surface area contributed by atoms with Gasteiger partial charge in [-0.3, -0.25) is 0 Å². The van der Waals surface area contributed by atoms with Crippen molar-refractivity contribution in [3.05, 3.63) is 48.0 Å². The van der Waals surface area contributed by atoms with Gasteiger partial charge in [0.05, 0.1) is 6.54 Å². The van der Waals surface area contributed by atoms with E-state index < -0.39 is 0 Å². The summed E-state index contributed by atoms with van der Waals surface area (Å²) in [6.45, 7) is 3.71. The molecule has 3 heteroatoms. The summed E-state index contributed by atoms with van der Waals surface area (Å²) in [5.74, 6) is 0.933. The number of nitrogens with one attached hydrogen (secondary N) is 2. The molecule has 3 rings (SSSR count). The molecule has 1 saturated carbocycles. The maximum absolute atomic E-state index is 4.67. The molecule has 0 atom stereocenters. The Hall–Kier alpha value is -2.03. The molecule has 0 aliphatic heterocycles. The maximum atomic E-state index is 4.67. The summed E-state index contributed by atoms with van der Waals surface area (Å²) in [5, 5.41) is 9.30. The molecule has 20 heavy (non-hydrogen) atoms. The van der Waals surface area contributed by atoms with Gasteiger partial charge in [-0.2, -0.15) is 0 Å². The summed E-state index contributed by atoms with van der Waals surface area (Å²) in [5.41, 5.74) is 1.25. The molecule has 0 heterocycles. The Morgan fingerprint density at radius 1 is 1.15 bits per heavy atom. The van der Waals surface area contributed by atoms with Crippen molar-refractivity contribution >= 4 is 16.7 Å². The molecular formula is C17H21N3. The average Bonchev–Trinajstić information content (AvgIpc) is 3.29. The van der Waals surface area contributed by atoms with E-state index >= 15 is 0 Å². The lowest BCUT2D eigenvalue weighted by atomic mass is 10.1. The average molecular weight is 267 g/mol. The second-order valence-electron chi connectivity index (χ2n) is 5.30. The van der Waals surface area contributed by atoms with Crippen LogP contribution in [0, 0.1) is 0 Å². The number of rotatable bonds is 4. The van der Waals surface area contributed by atoms with E-state index in [2.05, 4.69) is 65.0 Å². The van der Waals surface area contributed by atoms with Crippen LogP contribution in [0.25, 0.3) is 10.8 Å². The molecule has 1 fully saturated rings. The topological polar surface area (TPSA) is 36.4 Å². The number of nitrogens with zero attached hydrogens (tertiary/aromatic N) is 1. The predicted molar refractivity (Wildman–Crippen MR) is 84.9 cm³/mol. The van der Waals surface area contributed by atoms with Crippen LogP contribution in [0.1, 0.15) is 25.3 Å². The van der Waals surface area contributed by atoms with Crippen molar-refractivity contribution < 1.29 is 0 Å². The second-order valence-corrected chi connectivity index (χ2v) is 5.30. The van der Waals surface area contributed by atoms with Crippen molar-refractivity contribution in [2.45, 2.75) is 32.4 Å². The van der Waals surface area contributed by atoms with Crippen molar-refractivity contribution in [1.29, 1.82) is 0 Å². The number of aliphatic imine (C=N–C) groups is 1. The van der Waals surface area contributed by atoms with E-state index in [0.717, 1.165) is 12.5 Å². The van der Waals surface area contributed by atoms with Gasteiger partial charge in [0, 0.05) is 12.6 Å². The first-order chi connectivity index (χ1) is 9.85. The molecule has 104 valence electrons. The van der Waals surface area contributed by atoms with Crippen LogP contribution in [0.4, 0.5) is 0 Å². The number of fused-ring (bicyclic) bond motifs is 1. The van der Waals surface area contributed by atoms with E-state index in [9.17, 15) is 0 Å². The first kappa shape index (κ1) is 13.0. The Labute approximate surface area is 120 Å². The van der Waals surface area contributed by atoms with Gasteiger partial charge in [0.15, 0.2) is 5.96 Å². The summed E-state index contributed by atoms with van der Waals surface area (Å²) in [4.78, 5) is 4.67. The largest absolute Gasteiger partial charge is 0.357 e. The monoisotopic (exact) mass is 267 g/mol. The van der Waals surface area contributed by atoms with Gasteiger partial charge >= 0.3 is 0 Å². The van der Waals surface area contributed by atoms with E-state index in [1.165, 1.54) is 29.2 Å². The zero-order chi connectivity index (χ0) is 13.8. The highest BCUT2D eigenvalue weighted by Crippen LogP contribution is 2.19. The Balaban J connectivity index is 1.73. The molecule has 1 aliphatic carbocycles. The Kier molecular flexibility index (Phi) is 3.86. The van der Waals surface area contributed by atoms with Gasteiger partial charge in [-0.15, -0.1) is 0 Å². The summed E-state index contributed by atoms with van der Waals surface area (Å²) < 4.78 is 0. The molecule has 2 aromatic carbocycles. The van der Waals surface area contributed by atoms with Crippen molar-refractivity contribution in [1.82, 2.24) is 10.6 Å². The van der Waals surface area contributed by atoms with E-state index in [0.29, 0.717) is 12.6 Å². The molecule has 0 radical (unpaired) electrons. The standard InChI is InChI=1S/C17H21N3/c1-2-18-17(20-16-9-10-16)19-12-13-7-8-14-5-3-4-6-15(14)11-13/h3-8,11,16H,2,9-10,12H2,1H3,(H2,18,19,20). The fraction of sp³-hybridized carbons (Fsp3) is 0.353. The minimum atomic E-state index is 0.629. The zero-order valence-corrected chi connectivity index (χ0v) is 11.9. The number of hydrogen-bond donors (Lipinski definition) is 2. The second kappa shape index (κ2) is 5.95. The smallest absolute Gasteiger partial charge is 0.191 e. The van der Waals surface area contributed by atoms with E-state index in [1.54, 1.807) is 0 Å². The first-order valence-corrected chi connectivity index (χ1v) is 7.37. The molecular weight excluding hydrogens is 246 g/mol. The molecule has 0 bridgehead atoms. The third-order valence-corrected chi connectivity index (χ3v) is 3.50. The lowest BCUT2D eigenvalue weighted by molar-refractivity contribution is 0.812. The molecule has 3 nitrogen and oxygen atoms in total. The zero-order valence-electron chi connectivity index (χ0n) is 11.9. The predicted octanol–water partition coefficient (Wildman–Crippen LogP) is 3.06. The van der Waals surface area contributed by atoms with Crippen LogP contribution in [-0.4, -0.2) is 18.5 Å². The Morgan fingerprint density at radius 3 is 2.70 bits per heavy atom. The number of hydrogen-bond acceptors (Lipinski definition) is 1. The lowest BCUT2D eigenvalue weighted by Gasteiger charge is -2.10. The third kappa shape index (κ3) is 3.29. The van der Waals surface area contributed by atoms with Gasteiger partial charge in [0.1, 0.15) is 0 Å². The number of benzene rings is 2. The Bertz CT molecular complexity index is 614. The lowest BCUT2D eigenvalue weighted by Crippen LogP contribution is -2.38. The summed E-state index contributed by atoms with van der Waals surface area (Å²) >= 11 is 0. The quantitative estimate of drug-likeness (QED) is 0.660. The van der Waals surface area contributed by atoms with Crippen LogP contribution in [0.3, 0.4) is 0 Å². The first-order valence-electron chi connectivity index (χ1n) is 7.37. The highest BCUT2D eigenvalue weighted by Gasteiger charge is 2.21. The highest BCUT2D eigenvalue weighted by molar-refractivity contribution is 5.83.